The number of carboxylic acid groups (broad SMARTS) is 1. The van der Waals surface area contributed by atoms with Gasteiger partial charge in [0.2, 0.25) is 0 Å². The summed E-state index contributed by atoms with van der Waals surface area (Å²) in [5.74, 6) is -0.833. The molecule has 0 bridgehead atoms. The molecule has 0 aliphatic heterocycles. The van der Waals surface area contributed by atoms with Crippen LogP contribution in [0.2, 0.25) is 0 Å². The highest BCUT2D eigenvalue weighted by Gasteiger charge is 2.22. The minimum atomic E-state index is -1.17. The number of nitrogens with one attached hydrogen (secondary N) is 2. The number of carbonyl (C=O) groups excluding carboxylic acids is 1. The summed E-state index contributed by atoms with van der Waals surface area (Å²) in [4.78, 5) is 28.6. The number of nitrogens with zero attached hydrogens (tertiary/aromatic N) is 1. The van der Waals surface area contributed by atoms with Crippen molar-refractivity contribution in [3.63, 3.8) is 0 Å². The first-order valence-electron chi connectivity index (χ1n) is 10.2. The van der Waals surface area contributed by atoms with Crippen LogP contribution < -0.4 is 15.4 Å². The molecule has 0 unspecified atom stereocenters. The monoisotopic (exact) mass is 515 g/mol. The number of benzene rings is 2. The van der Waals surface area contributed by atoms with Crippen LogP contribution in [0.1, 0.15) is 21.6 Å². The maximum atomic E-state index is 13.2. The Morgan fingerprint density at radius 3 is 2.58 bits per heavy atom. The highest BCUT2D eigenvalue weighted by atomic mass is 79.9. The summed E-state index contributed by atoms with van der Waals surface area (Å²) in [6.45, 7) is 0.444. The molecular weight excluding hydrogens is 493 g/mol. The molecule has 0 saturated carbocycles. The highest BCUT2D eigenvalue weighted by Crippen LogP contribution is 2.19. The molecule has 1 heterocycles. The van der Waals surface area contributed by atoms with Gasteiger partial charge in [-0.15, -0.1) is 0 Å². The Morgan fingerprint density at radius 1 is 1.15 bits per heavy atom. The molecule has 1 aromatic heterocycles. The van der Waals surface area contributed by atoms with Crippen molar-refractivity contribution in [2.24, 2.45) is 0 Å². The minimum absolute atomic E-state index is 0.0842. The third kappa shape index (κ3) is 7.01. The number of anilines is 1. The number of hydrogen-bond acceptors (Lipinski definition) is 5. The van der Waals surface area contributed by atoms with Crippen LogP contribution in [-0.2, 0) is 17.6 Å². The van der Waals surface area contributed by atoms with Crippen LogP contribution in [0.25, 0.3) is 0 Å². The van der Waals surface area contributed by atoms with Crippen LogP contribution in [0.5, 0.6) is 5.75 Å². The number of carbonyl (C=O) groups is 2. The number of aliphatic carboxylic acids is 1. The van der Waals surface area contributed by atoms with Gasteiger partial charge in [0.15, 0.2) is 0 Å². The van der Waals surface area contributed by atoms with Gasteiger partial charge in [0, 0.05) is 30.1 Å². The van der Waals surface area contributed by atoms with Crippen LogP contribution in [0.15, 0.2) is 65.1 Å². The second-order valence-corrected chi connectivity index (χ2v) is 8.05. The van der Waals surface area contributed by atoms with Crippen molar-refractivity contribution in [1.29, 1.82) is 0 Å². The summed E-state index contributed by atoms with van der Waals surface area (Å²) in [5, 5.41) is 15.0. The Kier molecular flexibility index (Phi) is 8.37. The molecule has 0 aliphatic carbocycles. The van der Waals surface area contributed by atoms with E-state index in [2.05, 4.69) is 31.5 Å². The minimum Gasteiger partial charge on any atom is -0.493 e. The van der Waals surface area contributed by atoms with Gasteiger partial charge in [-0.2, -0.15) is 0 Å². The Balaban J connectivity index is 1.56. The molecule has 1 amide bonds. The fourth-order valence-electron chi connectivity index (χ4n) is 3.10. The highest BCUT2D eigenvalue weighted by molar-refractivity contribution is 9.10. The van der Waals surface area contributed by atoms with Crippen LogP contribution in [0, 0.1) is 5.82 Å². The van der Waals surface area contributed by atoms with E-state index in [-0.39, 0.29) is 16.5 Å². The van der Waals surface area contributed by atoms with E-state index in [0.717, 1.165) is 29.2 Å². The van der Waals surface area contributed by atoms with Crippen molar-refractivity contribution < 1.29 is 23.8 Å². The second-order valence-electron chi connectivity index (χ2n) is 7.20. The number of rotatable bonds is 10. The van der Waals surface area contributed by atoms with Crippen molar-refractivity contribution >= 4 is 33.6 Å². The molecule has 9 heteroatoms. The second kappa shape index (κ2) is 11.4. The normalized spacial score (nSPS) is 11.5. The third-order valence-electron chi connectivity index (χ3n) is 4.83. The fraction of sp³-hybridized carbons (Fsp3) is 0.208. The number of hydrogen-bond donors (Lipinski definition) is 3. The molecular formula is C24H23BrFN3O4. The summed E-state index contributed by atoms with van der Waals surface area (Å²) in [7, 11) is 1.81. The first-order valence-corrected chi connectivity index (χ1v) is 11.0. The first kappa shape index (κ1) is 24.2. The zero-order valence-corrected chi connectivity index (χ0v) is 19.4. The molecule has 0 aliphatic rings. The van der Waals surface area contributed by atoms with Gasteiger partial charge in [-0.05, 0) is 64.0 Å². The number of halogens is 2. The molecule has 3 N–H and O–H groups in total. The van der Waals surface area contributed by atoms with E-state index in [1.165, 1.54) is 6.07 Å². The molecule has 3 rings (SSSR count). The molecule has 172 valence electrons. The summed E-state index contributed by atoms with van der Waals surface area (Å²) < 4.78 is 19.2. The van der Waals surface area contributed by atoms with Crippen molar-refractivity contribution in [2.75, 3.05) is 19.0 Å². The van der Waals surface area contributed by atoms with Crippen LogP contribution in [-0.4, -0.2) is 41.7 Å². The lowest BCUT2D eigenvalue weighted by Gasteiger charge is -2.16. The number of pyridine rings is 1. The van der Waals surface area contributed by atoms with E-state index in [9.17, 15) is 19.1 Å². The van der Waals surface area contributed by atoms with Gasteiger partial charge in [-0.3, -0.25) is 4.79 Å². The first-order chi connectivity index (χ1) is 15.9. The third-order valence-corrected chi connectivity index (χ3v) is 5.49. The van der Waals surface area contributed by atoms with Crippen LogP contribution in [0.4, 0.5) is 10.2 Å². The van der Waals surface area contributed by atoms with E-state index in [1.54, 1.807) is 24.3 Å². The molecule has 3 aromatic rings. The summed E-state index contributed by atoms with van der Waals surface area (Å²) in [6.07, 6.45) is 0.726. The average Bonchev–Trinajstić information content (AvgIpc) is 2.79. The topological polar surface area (TPSA) is 101 Å². The maximum Gasteiger partial charge on any atom is 0.326 e. The number of amides is 1. The molecule has 7 nitrogen and oxygen atoms in total. The quantitative estimate of drug-likeness (QED) is 0.376. The number of aromatic nitrogens is 1. The van der Waals surface area contributed by atoms with Gasteiger partial charge < -0.3 is 20.5 Å². The van der Waals surface area contributed by atoms with Gasteiger partial charge in [0.25, 0.3) is 5.91 Å². The average molecular weight is 516 g/mol. The predicted octanol–water partition coefficient (Wildman–Crippen LogP) is 4.07. The molecule has 0 fully saturated rings. The molecule has 2 aromatic carbocycles. The predicted molar refractivity (Wildman–Crippen MR) is 126 cm³/mol. The number of ether oxygens (including phenoxy) is 1. The molecule has 33 heavy (non-hydrogen) atoms. The Labute approximate surface area is 199 Å². The lowest BCUT2D eigenvalue weighted by Crippen LogP contribution is -2.42. The standard InChI is InChI=1S/C24H23BrFN3O4/c1-27-22-4-2-3-17(28-22)11-12-33-18-8-5-15(6-9-18)13-21(24(31)32)29-23(30)19-10-7-16(26)14-20(19)25/h2-10,14,21H,11-13H2,1H3,(H,27,28)(H,29,30)(H,31,32)/t21-/m0/s1. The zero-order chi connectivity index (χ0) is 23.8. The summed E-state index contributed by atoms with van der Waals surface area (Å²) in [5.41, 5.74) is 1.78. The van der Waals surface area contributed by atoms with Crippen molar-refractivity contribution in [2.45, 2.75) is 18.9 Å². The number of carboxylic acids is 1. The largest absolute Gasteiger partial charge is 0.493 e. The smallest absolute Gasteiger partial charge is 0.326 e. The molecule has 0 radical (unpaired) electrons. The molecule has 0 spiro atoms. The van der Waals surface area contributed by atoms with E-state index in [1.807, 2.05) is 25.2 Å². The summed E-state index contributed by atoms with van der Waals surface area (Å²) in [6, 6.07) is 15.2. The van der Waals surface area contributed by atoms with Crippen molar-refractivity contribution in [1.82, 2.24) is 10.3 Å². The van der Waals surface area contributed by atoms with Gasteiger partial charge in [-0.25, -0.2) is 14.2 Å². The van der Waals surface area contributed by atoms with E-state index >= 15 is 0 Å². The van der Waals surface area contributed by atoms with E-state index in [4.69, 9.17) is 4.74 Å². The van der Waals surface area contributed by atoms with E-state index < -0.39 is 23.7 Å². The lowest BCUT2D eigenvalue weighted by atomic mass is 10.1. The molecule has 1 atom stereocenters. The van der Waals surface area contributed by atoms with Gasteiger partial charge >= 0.3 is 5.97 Å². The molecule has 0 saturated heterocycles. The zero-order valence-electron chi connectivity index (χ0n) is 17.8. The maximum absolute atomic E-state index is 13.2. The van der Waals surface area contributed by atoms with Crippen LogP contribution in [0.3, 0.4) is 0 Å². The van der Waals surface area contributed by atoms with Crippen molar-refractivity contribution in [3.05, 3.63) is 87.8 Å². The van der Waals surface area contributed by atoms with Gasteiger partial charge in [0.1, 0.15) is 23.4 Å². The Hall–Kier alpha value is -3.46. The Morgan fingerprint density at radius 2 is 1.91 bits per heavy atom. The Bertz CT molecular complexity index is 1120. The SMILES string of the molecule is CNc1cccc(CCOc2ccc(C[C@H](NC(=O)c3ccc(F)cc3Br)C(=O)O)cc2)n1. The summed E-state index contributed by atoms with van der Waals surface area (Å²) >= 11 is 3.12. The van der Waals surface area contributed by atoms with Gasteiger partial charge in [-0.1, -0.05) is 18.2 Å². The van der Waals surface area contributed by atoms with Crippen LogP contribution >= 0.6 is 15.9 Å². The lowest BCUT2D eigenvalue weighted by molar-refractivity contribution is -0.139. The van der Waals surface area contributed by atoms with Crippen molar-refractivity contribution in [3.8, 4) is 5.75 Å². The van der Waals surface area contributed by atoms with E-state index in [0.29, 0.717) is 18.8 Å². The van der Waals surface area contributed by atoms with Gasteiger partial charge in [0.05, 0.1) is 12.2 Å². The fourth-order valence-corrected chi connectivity index (χ4v) is 3.63.